The fourth-order valence-electron chi connectivity index (χ4n) is 3.31. The number of ether oxygens (including phenoxy) is 3. The monoisotopic (exact) mass is 431 g/mol. The summed E-state index contributed by atoms with van der Waals surface area (Å²) in [7, 11) is -3.94. The van der Waals surface area contributed by atoms with E-state index in [0.717, 1.165) is 0 Å². The standard InChI is InChI=1S/C18H22ClNO7S/c1-10-6-15(18(22)26-10)27-17(21)13-4-5-14(19)16(7-13)28(23,24)20-8-11(2)25-12(3)9-20/h4-5,7,10-12,15H,6,8-9H2,1-3H3. The average Bonchev–Trinajstić information content (AvgIpc) is 2.91. The number of cyclic esters (lactones) is 1. The van der Waals surface area contributed by atoms with Crippen molar-refractivity contribution in [3.05, 3.63) is 28.8 Å². The second-order valence-electron chi connectivity index (χ2n) is 7.10. The molecule has 3 rings (SSSR count). The van der Waals surface area contributed by atoms with E-state index in [-0.39, 0.29) is 53.3 Å². The second kappa shape index (κ2) is 7.98. The maximum Gasteiger partial charge on any atom is 0.347 e. The molecule has 0 radical (unpaired) electrons. The number of carbonyl (C=O) groups excluding carboxylic acids is 2. The Morgan fingerprint density at radius 1 is 1.18 bits per heavy atom. The van der Waals surface area contributed by atoms with Crippen LogP contribution in [-0.4, -0.2) is 62.2 Å². The molecule has 1 aromatic rings. The number of morpholine rings is 1. The van der Waals surface area contributed by atoms with Gasteiger partial charge < -0.3 is 14.2 Å². The fourth-order valence-corrected chi connectivity index (χ4v) is 5.40. The van der Waals surface area contributed by atoms with Gasteiger partial charge in [-0.3, -0.25) is 0 Å². The van der Waals surface area contributed by atoms with Crippen LogP contribution < -0.4 is 0 Å². The number of sulfonamides is 1. The van der Waals surface area contributed by atoms with Crippen molar-refractivity contribution >= 4 is 33.6 Å². The Morgan fingerprint density at radius 3 is 2.39 bits per heavy atom. The number of halogens is 1. The third kappa shape index (κ3) is 4.32. The molecule has 2 heterocycles. The van der Waals surface area contributed by atoms with Gasteiger partial charge in [0.2, 0.25) is 16.1 Å². The summed E-state index contributed by atoms with van der Waals surface area (Å²) in [6.07, 6.45) is -1.61. The summed E-state index contributed by atoms with van der Waals surface area (Å²) >= 11 is 6.13. The van der Waals surface area contributed by atoms with Gasteiger partial charge in [0.05, 0.1) is 22.8 Å². The van der Waals surface area contributed by atoms with Crippen molar-refractivity contribution in [2.24, 2.45) is 0 Å². The molecular weight excluding hydrogens is 410 g/mol. The van der Waals surface area contributed by atoms with Crippen LogP contribution in [0.15, 0.2) is 23.1 Å². The van der Waals surface area contributed by atoms with E-state index in [4.69, 9.17) is 25.8 Å². The van der Waals surface area contributed by atoms with Crippen LogP contribution in [-0.2, 0) is 29.0 Å². The maximum atomic E-state index is 13.1. The van der Waals surface area contributed by atoms with Crippen molar-refractivity contribution in [2.75, 3.05) is 13.1 Å². The first-order chi connectivity index (χ1) is 13.1. The third-order valence-corrected chi connectivity index (χ3v) is 6.86. The Bertz CT molecular complexity index is 878. The first kappa shape index (κ1) is 21.0. The van der Waals surface area contributed by atoms with Crippen molar-refractivity contribution in [1.82, 2.24) is 4.31 Å². The highest BCUT2D eigenvalue weighted by Crippen LogP contribution is 2.29. The van der Waals surface area contributed by atoms with Gasteiger partial charge in [-0.2, -0.15) is 4.31 Å². The number of hydrogen-bond acceptors (Lipinski definition) is 7. The zero-order valence-corrected chi connectivity index (χ0v) is 17.3. The maximum absolute atomic E-state index is 13.1. The van der Waals surface area contributed by atoms with Crippen LogP contribution >= 0.6 is 11.6 Å². The molecule has 2 aliphatic heterocycles. The van der Waals surface area contributed by atoms with Crippen LogP contribution in [0.2, 0.25) is 5.02 Å². The molecule has 2 aliphatic rings. The lowest BCUT2D eigenvalue weighted by atomic mass is 10.2. The summed E-state index contributed by atoms with van der Waals surface area (Å²) in [5.74, 6) is -1.42. The van der Waals surface area contributed by atoms with Crippen LogP contribution in [0.25, 0.3) is 0 Å². The Kier molecular flexibility index (Phi) is 6.00. The molecule has 10 heteroatoms. The van der Waals surface area contributed by atoms with Gasteiger partial charge in [-0.05, 0) is 39.0 Å². The van der Waals surface area contributed by atoms with Gasteiger partial charge in [0.15, 0.2) is 0 Å². The Balaban J connectivity index is 1.84. The van der Waals surface area contributed by atoms with Crippen molar-refractivity contribution in [3.8, 4) is 0 Å². The molecule has 0 saturated carbocycles. The van der Waals surface area contributed by atoms with Crippen molar-refractivity contribution in [1.29, 1.82) is 0 Å². The molecule has 0 spiro atoms. The number of nitrogens with zero attached hydrogens (tertiary/aromatic N) is 1. The fraction of sp³-hybridized carbons (Fsp3) is 0.556. The molecule has 4 atom stereocenters. The summed E-state index contributed by atoms with van der Waals surface area (Å²) in [6, 6.07) is 3.86. The molecule has 154 valence electrons. The van der Waals surface area contributed by atoms with E-state index in [1.165, 1.54) is 22.5 Å². The van der Waals surface area contributed by atoms with Crippen LogP contribution in [0.3, 0.4) is 0 Å². The van der Waals surface area contributed by atoms with E-state index in [9.17, 15) is 18.0 Å². The van der Waals surface area contributed by atoms with Crippen LogP contribution in [0.4, 0.5) is 0 Å². The molecule has 0 amide bonds. The van der Waals surface area contributed by atoms with Gasteiger partial charge >= 0.3 is 11.9 Å². The SMILES string of the molecule is CC1CC(OC(=O)c2ccc(Cl)c(S(=O)(=O)N3CC(C)OC(C)C3)c2)C(=O)O1. The van der Waals surface area contributed by atoms with E-state index >= 15 is 0 Å². The topological polar surface area (TPSA) is 99.2 Å². The molecule has 2 fully saturated rings. The van der Waals surface area contributed by atoms with Gasteiger partial charge in [0.1, 0.15) is 11.0 Å². The summed E-state index contributed by atoms with van der Waals surface area (Å²) in [6.45, 7) is 5.64. The second-order valence-corrected chi connectivity index (χ2v) is 9.42. The highest BCUT2D eigenvalue weighted by Gasteiger charge is 2.36. The zero-order valence-electron chi connectivity index (χ0n) is 15.8. The lowest BCUT2D eigenvalue weighted by Gasteiger charge is -2.34. The highest BCUT2D eigenvalue weighted by molar-refractivity contribution is 7.89. The van der Waals surface area contributed by atoms with Crippen molar-refractivity contribution < 1.29 is 32.2 Å². The van der Waals surface area contributed by atoms with E-state index in [2.05, 4.69) is 0 Å². The van der Waals surface area contributed by atoms with Gasteiger partial charge in [0, 0.05) is 19.5 Å². The minimum atomic E-state index is -3.94. The van der Waals surface area contributed by atoms with Crippen LogP contribution in [0.1, 0.15) is 37.6 Å². The minimum Gasteiger partial charge on any atom is -0.460 e. The molecule has 0 bridgehead atoms. The van der Waals surface area contributed by atoms with Crippen molar-refractivity contribution in [2.45, 2.75) is 56.5 Å². The number of hydrogen-bond donors (Lipinski definition) is 0. The number of rotatable bonds is 4. The number of carbonyl (C=O) groups is 2. The predicted molar refractivity (Wildman–Crippen MR) is 99.6 cm³/mol. The van der Waals surface area contributed by atoms with E-state index in [1.807, 2.05) is 0 Å². The molecular formula is C18H22ClNO7S. The van der Waals surface area contributed by atoms with Gasteiger partial charge in [-0.15, -0.1) is 0 Å². The summed E-state index contributed by atoms with van der Waals surface area (Å²) in [4.78, 5) is 23.9. The molecule has 1 aromatic carbocycles. The molecule has 0 N–H and O–H groups in total. The van der Waals surface area contributed by atoms with Gasteiger partial charge in [-0.1, -0.05) is 11.6 Å². The normalized spacial score (nSPS) is 28.8. The molecule has 0 aromatic heterocycles. The number of benzene rings is 1. The summed E-state index contributed by atoms with van der Waals surface area (Å²) in [5, 5.41) is -0.00255. The quantitative estimate of drug-likeness (QED) is 0.672. The van der Waals surface area contributed by atoms with Crippen molar-refractivity contribution in [3.63, 3.8) is 0 Å². The Labute approximate surface area is 168 Å². The summed E-state index contributed by atoms with van der Waals surface area (Å²) < 4.78 is 43.1. The summed E-state index contributed by atoms with van der Waals surface area (Å²) in [5.41, 5.74) is -0.00955. The number of esters is 2. The Morgan fingerprint density at radius 2 is 1.82 bits per heavy atom. The van der Waals surface area contributed by atoms with Crippen LogP contribution in [0.5, 0.6) is 0 Å². The lowest BCUT2D eigenvalue weighted by molar-refractivity contribution is -0.147. The molecule has 2 saturated heterocycles. The van der Waals surface area contributed by atoms with E-state index < -0.39 is 28.1 Å². The molecule has 0 aliphatic carbocycles. The smallest absolute Gasteiger partial charge is 0.347 e. The minimum absolute atomic E-state index is 0.00255. The lowest BCUT2D eigenvalue weighted by Crippen LogP contribution is -2.48. The Hall–Kier alpha value is -1.68. The first-order valence-electron chi connectivity index (χ1n) is 8.94. The van der Waals surface area contributed by atoms with E-state index in [0.29, 0.717) is 0 Å². The average molecular weight is 432 g/mol. The van der Waals surface area contributed by atoms with Crippen LogP contribution in [0, 0.1) is 0 Å². The largest absolute Gasteiger partial charge is 0.460 e. The van der Waals surface area contributed by atoms with Gasteiger partial charge in [0.25, 0.3) is 0 Å². The first-order valence-corrected chi connectivity index (χ1v) is 10.8. The molecule has 8 nitrogen and oxygen atoms in total. The van der Waals surface area contributed by atoms with E-state index in [1.54, 1.807) is 20.8 Å². The van der Waals surface area contributed by atoms with Gasteiger partial charge in [-0.25, -0.2) is 18.0 Å². The molecule has 28 heavy (non-hydrogen) atoms. The zero-order chi connectivity index (χ0) is 20.6. The predicted octanol–water partition coefficient (Wildman–Crippen LogP) is 2.00. The molecule has 4 unspecified atom stereocenters. The highest BCUT2D eigenvalue weighted by atomic mass is 35.5. The third-order valence-electron chi connectivity index (χ3n) is 4.55.